The molecule has 4 N–H and O–H groups in total. The molecule has 10 nitrogen and oxygen atoms in total. The number of carbonyl (C=O) groups excluding carboxylic acids is 4. The van der Waals surface area contributed by atoms with Crippen molar-refractivity contribution in [2.24, 2.45) is 5.92 Å². The van der Waals surface area contributed by atoms with Crippen LogP contribution < -0.4 is 16.0 Å². The number of rotatable bonds is 17. The number of ether oxygens (including phenoxy) is 2. The number of aliphatic hydroxyl groups is 1. The molecule has 2 rings (SSSR count). The van der Waals surface area contributed by atoms with Gasteiger partial charge in [0.2, 0.25) is 11.8 Å². The first kappa shape index (κ1) is 32.8. The van der Waals surface area contributed by atoms with E-state index in [9.17, 15) is 24.3 Å². The van der Waals surface area contributed by atoms with Crippen LogP contribution in [0.1, 0.15) is 43.4 Å². The molecule has 4 atom stereocenters. The van der Waals surface area contributed by atoms with E-state index in [0.29, 0.717) is 5.56 Å². The van der Waals surface area contributed by atoms with Crippen molar-refractivity contribution in [3.8, 4) is 0 Å². The second-order valence-corrected chi connectivity index (χ2v) is 9.46. The molecule has 0 aliphatic rings. The molecule has 0 heterocycles. The quantitative estimate of drug-likeness (QED) is 0.170. The van der Waals surface area contributed by atoms with Crippen LogP contribution in [0.2, 0.25) is 0 Å². The lowest BCUT2D eigenvalue weighted by Crippen LogP contribution is -2.43. The standard InChI is InChI=1S/C31H39N3O7/c1-4-12-25(18-28(36)32-22(3)19-35)29(37)33-27(24-16-10-7-11-17-24)21-40-30(38)26(13-5-2)34-31(39)41-20-23-14-8-6-9-15-23/h4-11,14-17,22,25-27,35H,1-2,12-13,18-21H2,3H3,(H,32,36)(H,33,37)(H,34,39)/t22-,25+,26+,27-/m0/s1. The molecule has 0 saturated carbocycles. The monoisotopic (exact) mass is 565 g/mol. The summed E-state index contributed by atoms with van der Waals surface area (Å²) in [6.45, 7) is 8.56. The third-order valence-corrected chi connectivity index (χ3v) is 6.04. The maximum absolute atomic E-state index is 13.2. The molecule has 0 saturated heterocycles. The number of nitrogens with one attached hydrogen (secondary N) is 3. The Morgan fingerprint density at radius 2 is 1.51 bits per heavy atom. The number of amides is 3. The minimum Gasteiger partial charge on any atom is -0.462 e. The summed E-state index contributed by atoms with van der Waals surface area (Å²) in [5.41, 5.74) is 1.47. The van der Waals surface area contributed by atoms with Crippen molar-refractivity contribution in [3.05, 3.63) is 97.1 Å². The molecular formula is C31H39N3O7. The van der Waals surface area contributed by atoms with Crippen molar-refractivity contribution in [2.45, 2.75) is 50.9 Å². The van der Waals surface area contributed by atoms with Gasteiger partial charge in [0.1, 0.15) is 19.3 Å². The summed E-state index contributed by atoms with van der Waals surface area (Å²) in [5, 5.41) is 17.2. The summed E-state index contributed by atoms with van der Waals surface area (Å²) in [6, 6.07) is 15.8. The molecule has 0 unspecified atom stereocenters. The van der Waals surface area contributed by atoms with Gasteiger partial charge in [0.25, 0.3) is 0 Å². The Hall–Kier alpha value is -4.44. The predicted octanol–water partition coefficient (Wildman–Crippen LogP) is 3.34. The van der Waals surface area contributed by atoms with Crippen LogP contribution in [-0.4, -0.2) is 54.3 Å². The number of alkyl carbamates (subject to hydrolysis) is 1. The van der Waals surface area contributed by atoms with Gasteiger partial charge < -0.3 is 30.5 Å². The second kappa shape index (κ2) is 18.0. The van der Waals surface area contributed by atoms with E-state index in [1.54, 1.807) is 37.3 Å². The fourth-order valence-corrected chi connectivity index (χ4v) is 3.84. The summed E-state index contributed by atoms with van der Waals surface area (Å²) >= 11 is 0. The van der Waals surface area contributed by atoms with Gasteiger partial charge in [-0.1, -0.05) is 72.8 Å². The Bertz CT molecular complexity index is 1140. The predicted molar refractivity (Wildman–Crippen MR) is 154 cm³/mol. The van der Waals surface area contributed by atoms with Gasteiger partial charge in [-0.15, -0.1) is 13.2 Å². The molecule has 3 amide bonds. The smallest absolute Gasteiger partial charge is 0.408 e. The van der Waals surface area contributed by atoms with Gasteiger partial charge >= 0.3 is 12.1 Å². The molecule has 220 valence electrons. The van der Waals surface area contributed by atoms with Gasteiger partial charge in [-0.05, 0) is 30.9 Å². The van der Waals surface area contributed by atoms with E-state index in [2.05, 4.69) is 29.1 Å². The third-order valence-electron chi connectivity index (χ3n) is 6.04. The molecule has 2 aromatic rings. The molecular weight excluding hydrogens is 526 g/mol. The van der Waals surface area contributed by atoms with Crippen LogP contribution in [0.5, 0.6) is 0 Å². The number of hydrogen-bond donors (Lipinski definition) is 4. The lowest BCUT2D eigenvalue weighted by Gasteiger charge is -2.24. The minimum atomic E-state index is -1.05. The third kappa shape index (κ3) is 12.1. The van der Waals surface area contributed by atoms with Crippen molar-refractivity contribution in [1.82, 2.24) is 16.0 Å². The van der Waals surface area contributed by atoms with E-state index in [1.165, 1.54) is 6.08 Å². The van der Waals surface area contributed by atoms with Crippen LogP contribution in [-0.2, 0) is 30.5 Å². The van der Waals surface area contributed by atoms with Crippen LogP contribution in [0.25, 0.3) is 0 Å². The number of benzene rings is 2. The second-order valence-electron chi connectivity index (χ2n) is 9.46. The van der Waals surface area contributed by atoms with Gasteiger partial charge in [-0.2, -0.15) is 0 Å². The zero-order valence-corrected chi connectivity index (χ0v) is 23.3. The van der Waals surface area contributed by atoms with Crippen molar-refractivity contribution in [3.63, 3.8) is 0 Å². The Labute approximate surface area is 240 Å². The zero-order valence-electron chi connectivity index (χ0n) is 23.3. The maximum Gasteiger partial charge on any atom is 0.408 e. The molecule has 41 heavy (non-hydrogen) atoms. The summed E-state index contributed by atoms with van der Waals surface area (Å²) in [6.07, 6.45) is 2.47. The highest BCUT2D eigenvalue weighted by Crippen LogP contribution is 2.18. The number of esters is 1. The zero-order chi connectivity index (χ0) is 30.0. The fraction of sp³-hybridized carbons (Fsp3) is 0.355. The lowest BCUT2D eigenvalue weighted by atomic mass is 9.98. The fourth-order valence-electron chi connectivity index (χ4n) is 3.84. The molecule has 0 bridgehead atoms. The summed E-state index contributed by atoms with van der Waals surface area (Å²) in [4.78, 5) is 50.8. The highest BCUT2D eigenvalue weighted by Gasteiger charge is 2.27. The van der Waals surface area contributed by atoms with Gasteiger partial charge in [-0.25, -0.2) is 9.59 Å². The largest absolute Gasteiger partial charge is 0.462 e. The first-order valence-electron chi connectivity index (χ1n) is 13.4. The Morgan fingerprint density at radius 1 is 0.878 bits per heavy atom. The average Bonchev–Trinajstić information content (AvgIpc) is 2.98. The minimum absolute atomic E-state index is 0.0352. The van der Waals surface area contributed by atoms with Crippen molar-refractivity contribution in [2.75, 3.05) is 13.2 Å². The highest BCUT2D eigenvalue weighted by atomic mass is 16.6. The van der Waals surface area contributed by atoms with Gasteiger partial charge in [0, 0.05) is 12.5 Å². The van der Waals surface area contributed by atoms with Gasteiger partial charge in [0.05, 0.1) is 18.6 Å². The van der Waals surface area contributed by atoms with Crippen LogP contribution in [0.15, 0.2) is 86.0 Å². The Kier molecular flexibility index (Phi) is 14.4. The molecule has 0 spiro atoms. The normalized spacial score (nSPS) is 13.4. The highest BCUT2D eigenvalue weighted by molar-refractivity contribution is 5.86. The van der Waals surface area contributed by atoms with Crippen molar-refractivity contribution in [1.29, 1.82) is 0 Å². The first-order chi connectivity index (χ1) is 19.8. The van der Waals surface area contributed by atoms with E-state index in [-0.39, 0.29) is 45.0 Å². The Balaban J connectivity index is 2.05. The van der Waals surface area contributed by atoms with E-state index < -0.39 is 42.0 Å². The van der Waals surface area contributed by atoms with Crippen molar-refractivity contribution >= 4 is 23.9 Å². The molecule has 0 aliphatic heterocycles. The molecule has 0 aliphatic carbocycles. The Morgan fingerprint density at radius 3 is 2.12 bits per heavy atom. The molecule has 0 aromatic heterocycles. The number of hydrogen-bond acceptors (Lipinski definition) is 7. The van der Waals surface area contributed by atoms with Crippen molar-refractivity contribution < 1.29 is 33.8 Å². The first-order valence-corrected chi connectivity index (χ1v) is 13.4. The summed E-state index contributed by atoms with van der Waals surface area (Å²) in [5.74, 6) is -2.26. The molecule has 0 radical (unpaired) electrons. The van der Waals surface area contributed by atoms with Crippen LogP contribution in [0.3, 0.4) is 0 Å². The molecule has 10 heteroatoms. The van der Waals surface area contributed by atoms with Gasteiger partial charge in [-0.3, -0.25) is 9.59 Å². The SMILES string of the molecule is C=CC[C@H](CC(=O)N[C@@H](C)CO)C(=O)N[C@@H](COC(=O)[C@@H](CC=C)NC(=O)OCc1ccccc1)c1ccccc1. The van der Waals surface area contributed by atoms with Crippen LogP contribution >= 0.6 is 0 Å². The topological polar surface area (TPSA) is 143 Å². The van der Waals surface area contributed by atoms with E-state index in [1.807, 2.05) is 36.4 Å². The lowest BCUT2D eigenvalue weighted by molar-refractivity contribution is -0.147. The number of carbonyl (C=O) groups is 4. The number of allylic oxidation sites excluding steroid dienone is 1. The molecule has 2 aromatic carbocycles. The van der Waals surface area contributed by atoms with Crippen LogP contribution in [0, 0.1) is 5.92 Å². The van der Waals surface area contributed by atoms with E-state index in [0.717, 1.165) is 5.56 Å². The van der Waals surface area contributed by atoms with E-state index in [4.69, 9.17) is 9.47 Å². The molecule has 0 fully saturated rings. The van der Waals surface area contributed by atoms with Gasteiger partial charge in [0.15, 0.2) is 0 Å². The average molecular weight is 566 g/mol. The maximum atomic E-state index is 13.2. The summed E-state index contributed by atoms with van der Waals surface area (Å²) < 4.78 is 10.7. The van der Waals surface area contributed by atoms with Crippen LogP contribution in [0.4, 0.5) is 4.79 Å². The number of aliphatic hydroxyl groups excluding tert-OH is 1. The van der Waals surface area contributed by atoms with E-state index >= 15 is 0 Å². The summed E-state index contributed by atoms with van der Waals surface area (Å²) in [7, 11) is 0.